The van der Waals surface area contributed by atoms with Crippen molar-refractivity contribution in [3.8, 4) is 5.75 Å². The van der Waals surface area contributed by atoms with E-state index in [-0.39, 0.29) is 5.69 Å². The molecule has 84 valence electrons. The van der Waals surface area contributed by atoms with Crippen LogP contribution in [-0.2, 0) is 16.0 Å². The lowest BCUT2D eigenvalue weighted by Gasteiger charge is -2.06. The molecule has 1 aliphatic heterocycles. The van der Waals surface area contributed by atoms with Gasteiger partial charge in [0, 0.05) is 24.1 Å². The highest BCUT2D eigenvalue weighted by molar-refractivity contribution is 5.76. The van der Waals surface area contributed by atoms with Crippen molar-refractivity contribution >= 4 is 11.7 Å². The van der Waals surface area contributed by atoms with Crippen LogP contribution in [0.1, 0.15) is 5.56 Å². The third kappa shape index (κ3) is 1.69. The van der Waals surface area contributed by atoms with Crippen LogP contribution in [0.25, 0.3) is 0 Å². The van der Waals surface area contributed by atoms with Gasteiger partial charge in [-0.3, -0.25) is 10.1 Å². The molecule has 0 radical (unpaired) electrons. The Morgan fingerprint density at radius 3 is 3.00 bits per heavy atom. The zero-order valence-electron chi connectivity index (χ0n) is 8.50. The van der Waals surface area contributed by atoms with Crippen molar-refractivity contribution in [1.82, 2.24) is 0 Å². The lowest BCUT2D eigenvalue weighted by Crippen LogP contribution is -2.26. The summed E-state index contributed by atoms with van der Waals surface area (Å²) < 4.78 is 9.84. The van der Waals surface area contributed by atoms with Crippen LogP contribution < -0.4 is 4.74 Å². The number of hydrogen-bond acceptors (Lipinski definition) is 5. The van der Waals surface area contributed by atoms with Gasteiger partial charge in [-0.15, -0.1) is 0 Å². The molecule has 0 saturated heterocycles. The van der Waals surface area contributed by atoms with Crippen LogP contribution in [-0.4, -0.2) is 24.1 Å². The van der Waals surface area contributed by atoms with E-state index in [0.29, 0.717) is 17.7 Å². The number of rotatable bonds is 2. The molecule has 0 bridgehead atoms. The summed E-state index contributed by atoms with van der Waals surface area (Å²) in [7, 11) is 1.27. The average Bonchev–Trinajstić information content (AvgIpc) is 2.70. The number of esters is 1. The molecule has 0 amide bonds. The Bertz CT molecular complexity index is 457. The number of carbonyl (C=O) groups is 1. The predicted molar refractivity (Wildman–Crippen MR) is 53.2 cm³/mol. The molecule has 0 saturated carbocycles. The van der Waals surface area contributed by atoms with Crippen molar-refractivity contribution in [2.75, 3.05) is 7.11 Å². The van der Waals surface area contributed by atoms with Gasteiger partial charge in [0.25, 0.3) is 5.69 Å². The monoisotopic (exact) mass is 223 g/mol. The van der Waals surface area contributed by atoms with Gasteiger partial charge < -0.3 is 9.47 Å². The fraction of sp³-hybridized carbons (Fsp3) is 0.300. The summed E-state index contributed by atoms with van der Waals surface area (Å²) >= 11 is 0. The van der Waals surface area contributed by atoms with Gasteiger partial charge in [0.1, 0.15) is 5.75 Å². The molecule has 6 heteroatoms. The van der Waals surface area contributed by atoms with Crippen LogP contribution in [0.2, 0.25) is 0 Å². The molecular weight excluding hydrogens is 214 g/mol. The lowest BCUT2D eigenvalue weighted by molar-refractivity contribution is -0.384. The Balaban J connectivity index is 2.24. The summed E-state index contributed by atoms with van der Waals surface area (Å²) in [5.41, 5.74) is 0.650. The van der Waals surface area contributed by atoms with Crippen molar-refractivity contribution in [2.45, 2.75) is 12.5 Å². The van der Waals surface area contributed by atoms with E-state index in [9.17, 15) is 14.9 Å². The molecule has 1 heterocycles. The highest BCUT2D eigenvalue weighted by Gasteiger charge is 2.30. The number of hydrogen-bond donors (Lipinski definition) is 0. The van der Waals surface area contributed by atoms with Crippen LogP contribution in [0.5, 0.6) is 5.75 Å². The Kier molecular flexibility index (Phi) is 2.47. The first kappa shape index (κ1) is 10.4. The topological polar surface area (TPSA) is 78.7 Å². The summed E-state index contributed by atoms with van der Waals surface area (Å²) in [6.45, 7) is 0. The minimum Gasteiger partial charge on any atom is -0.478 e. The van der Waals surface area contributed by atoms with Gasteiger partial charge in [0.2, 0.25) is 0 Å². The normalized spacial score (nSPS) is 17.4. The first-order valence-electron chi connectivity index (χ1n) is 4.63. The van der Waals surface area contributed by atoms with Crippen molar-refractivity contribution in [2.24, 2.45) is 0 Å². The zero-order chi connectivity index (χ0) is 11.7. The number of methoxy groups -OCH3 is 1. The van der Waals surface area contributed by atoms with Crippen LogP contribution in [0.15, 0.2) is 18.2 Å². The Morgan fingerprint density at radius 2 is 2.38 bits per heavy atom. The fourth-order valence-electron chi connectivity index (χ4n) is 1.61. The molecule has 2 rings (SSSR count). The molecule has 0 unspecified atom stereocenters. The van der Waals surface area contributed by atoms with E-state index < -0.39 is 17.0 Å². The summed E-state index contributed by atoms with van der Waals surface area (Å²) in [5.74, 6) is 0.0276. The predicted octanol–water partition coefficient (Wildman–Crippen LogP) is 1.07. The molecule has 1 atom stereocenters. The van der Waals surface area contributed by atoms with Crippen molar-refractivity contribution in [1.29, 1.82) is 0 Å². The second-order valence-corrected chi connectivity index (χ2v) is 3.38. The lowest BCUT2D eigenvalue weighted by atomic mass is 10.1. The van der Waals surface area contributed by atoms with E-state index in [1.807, 2.05) is 0 Å². The van der Waals surface area contributed by atoms with Gasteiger partial charge in [0.05, 0.1) is 12.0 Å². The minimum absolute atomic E-state index is 0.00661. The third-order valence-corrected chi connectivity index (χ3v) is 2.39. The first-order valence-corrected chi connectivity index (χ1v) is 4.63. The standard InChI is InChI=1S/C10H9NO5/c1-15-10(12)9-5-6-4-7(11(13)14)2-3-8(6)16-9/h2-4,9H,5H2,1H3/t9-/m1/s1. The van der Waals surface area contributed by atoms with Crippen LogP contribution in [0, 0.1) is 10.1 Å². The molecule has 16 heavy (non-hydrogen) atoms. The Morgan fingerprint density at radius 1 is 1.62 bits per heavy atom. The van der Waals surface area contributed by atoms with Crippen LogP contribution in [0.3, 0.4) is 0 Å². The van der Waals surface area contributed by atoms with Gasteiger partial charge >= 0.3 is 5.97 Å². The second-order valence-electron chi connectivity index (χ2n) is 3.38. The molecule has 6 nitrogen and oxygen atoms in total. The summed E-state index contributed by atoms with van der Waals surface area (Å²) in [6, 6.07) is 4.26. The number of nitrogens with zero attached hydrogens (tertiary/aromatic N) is 1. The highest BCUT2D eigenvalue weighted by atomic mass is 16.6. The SMILES string of the molecule is COC(=O)[C@H]1Cc2cc([N+](=O)[O-])ccc2O1. The number of benzene rings is 1. The highest BCUT2D eigenvalue weighted by Crippen LogP contribution is 2.32. The number of nitro benzene ring substituents is 1. The van der Waals surface area contributed by atoms with E-state index in [2.05, 4.69) is 4.74 Å². The quantitative estimate of drug-likeness (QED) is 0.425. The maximum absolute atomic E-state index is 11.2. The van der Waals surface area contributed by atoms with Crippen LogP contribution >= 0.6 is 0 Å². The summed E-state index contributed by atoms with van der Waals surface area (Å²) in [4.78, 5) is 21.3. The third-order valence-electron chi connectivity index (χ3n) is 2.39. The molecule has 0 fully saturated rings. The molecule has 1 aromatic rings. The zero-order valence-corrected chi connectivity index (χ0v) is 8.50. The number of ether oxygens (including phenoxy) is 2. The van der Waals surface area contributed by atoms with Gasteiger partial charge in [-0.2, -0.15) is 0 Å². The summed E-state index contributed by atoms with van der Waals surface area (Å²) in [5, 5.41) is 10.5. The van der Waals surface area contributed by atoms with E-state index in [1.165, 1.54) is 25.3 Å². The summed E-state index contributed by atoms with van der Waals surface area (Å²) in [6.07, 6.45) is -0.383. The largest absolute Gasteiger partial charge is 0.478 e. The molecule has 0 N–H and O–H groups in total. The Labute approximate surface area is 90.9 Å². The van der Waals surface area contributed by atoms with Crippen LogP contribution in [0.4, 0.5) is 5.69 Å². The maximum atomic E-state index is 11.2. The van der Waals surface area contributed by atoms with E-state index >= 15 is 0 Å². The molecule has 0 aromatic heterocycles. The van der Waals surface area contributed by atoms with Crippen molar-refractivity contribution in [3.63, 3.8) is 0 Å². The smallest absolute Gasteiger partial charge is 0.347 e. The van der Waals surface area contributed by atoms with Crippen molar-refractivity contribution in [3.05, 3.63) is 33.9 Å². The van der Waals surface area contributed by atoms with E-state index in [4.69, 9.17) is 4.74 Å². The maximum Gasteiger partial charge on any atom is 0.347 e. The molecule has 0 spiro atoms. The van der Waals surface area contributed by atoms with Gasteiger partial charge in [0.15, 0.2) is 6.10 Å². The minimum atomic E-state index is -0.693. The van der Waals surface area contributed by atoms with E-state index in [0.717, 1.165) is 0 Å². The molecule has 1 aromatic carbocycles. The number of non-ortho nitro benzene ring substituents is 1. The number of carbonyl (C=O) groups excluding carboxylic acids is 1. The van der Waals surface area contributed by atoms with Gasteiger partial charge in [-0.05, 0) is 6.07 Å². The average molecular weight is 223 g/mol. The van der Waals surface area contributed by atoms with E-state index in [1.54, 1.807) is 0 Å². The number of nitro groups is 1. The van der Waals surface area contributed by atoms with Gasteiger partial charge in [-0.25, -0.2) is 4.79 Å². The van der Waals surface area contributed by atoms with Crippen molar-refractivity contribution < 1.29 is 19.2 Å². The van der Waals surface area contributed by atoms with Gasteiger partial charge in [-0.1, -0.05) is 0 Å². The molecule has 0 aliphatic carbocycles. The number of fused-ring (bicyclic) bond motifs is 1. The first-order chi connectivity index (χ1) is 7.61. The molecular formula is C10H9NO5. The Hall–Kier alpha value is -2.11. The second kappa shape index (κ2) is 3.80. The fourth-order valence-corrected chi connectivity index (χ4v) is 1.61. The molecule has 1 aliphatic rings.